The Morgan fingerprint density at radius 3 is 2.18 bits per heavy atom. The molecule has 1 aliphatic carbocycles. The smallest absolute Gasteiger partial charge is 0.422 e. The summed E-state index contributed by atoms with van der Waals surface area (Å²) in [4.78, 5) is 37.8. The van der Waals surface area contributed by atoms with Gasteiger partial charge in [0.15, 0.2) is 12.3 Å². The van der Waals surface area contributed by atoms with E-state index >= 15 is 0 Å². The Labute approximate surface area is 294 Å². The molecule has 4 heterocycles. The molecule has 2 atom stereocenters. The molecule has 0 unspecified atom stereocenters. The highest BCUT2D eigenvalue weighted by Gasteiger charge is 2.44. The van der Waals surface area contributed by atoms with Gasteiger partial charge in [-0.15, -0.1) is 0 Å². The minimum Gasteiger partial charge on any atom is -0.481 e. The van der Waals surface area contributed by atoms with Crippen molar-refractivity contribution in [1.82, 2.24) is 34.6 Å². The lowest BCUT2D eigenvalue weighted by Crippen LogP contribution is -2.67. The van der Waals surface area contributed by atoms with Crippen molar-refractivity contribution >= 4 is 5.91 Å². The van der Waals surface area contributed by atoms with Gasteiger partial charge in [0.1, 0.15) is 5.82 Å². The molecule has 0 bridgehead atoms. The molecular weight excluding hydrogens is 663 g/mol. The lowest BCUT2D eigenvalue weighted by atomic mass is 9.81. The van der Waals surface area contributed by atoms with E-state index in [9.17, 15) is 18.0 Å². The quantitative estimate of drug-likeness (QED) is 0.213. The van der Waals surface area contributed by atoms with Crippen molar-refractivity contribution in [1.29, 1.82) is 0 Å². The summed E-state index contributed by atoms with van der Waals surface area (Å²) in [5.41, 5.74) is 2.85. The molecule has 2 saturated heterocycles. The number of ether oxygens (including phenoxy) is 3. The minimum atomic E-state index is -4.55. The molecule has 0 radical (unpaired) electrons. The number of methoxy groups -OCH3 is 2. The Balaban J connectivity index is 1.25. The van der Waals surface area contributed by atoms with Crippen molar-refractivity contribution in [2.45, 2.75) is 49.5 Å². The fourth-order valence-electron chi connectivity index (χ4n) is 7.27. The molecule has 1 saturated carbocycles. The van der Waals surface area contributed by atoms with E-state index in [1.807, 2.05) is 36.4 Å². The molecule has 4 aromatic rings. The first kappa shape index (κ1) is 34.6. The van der Waals surface area contributed by atoms with Gasteiger partial charge in [-0.1, -0.05) is 60.7 Å². The van der Waals surface area contributed by atoms with Crippen molar-refractivity contribution in [2.75, 3.05) is 53.6 Å². The van der Waals surface area contributed by atoms with E-state index in [1.165, 1.54) is 26.6 Å². The number of benzene rings is 2. The molecule has 3 aliphatic rings. The molecule has 51 heavy (non-hydrogen) atoms. The SMILES string of the molecule is COc1cncc(C(=O)N2CCN3[C@@H](CN(Cc4c(OC)nc(C5CC5)nc4OCC(F)(F)F)C[C@H]3C(c3ccccc3)c3ccccc3)C2)n1. The molecule has 3 fully saturated rings. The third kappa shape index (κ3) is 7.91. The second kappa shape index (κ2) is 14.8. The predicted molar refractivity (Wildman–Crippen MR) is 181 cm³/mol. The van der Waals surface area contributed by atoms with Crippen molar-refractivity contribution in [3.63, 3.8) is 0 Å². The monoisotopic (exact) mass is 703 g/mol. The van der Waals surface area contributed by atoms with Gasteiger partial charge in [-0.3, -0.25) is 19.6 Å². The molecule has 2 aliphatic heterocycles. The number of carbonyl (C=O) groups excluding carboxylic acids is 1. The molecule has 11 nitrogen and oxygen atoms in total. The van der Waals surface area contributed by atoms with Crippen LogP contribution in [0.4, 0.5) is 13.2 Å². The molecule has 1 amide bonds. The minimum absolute atomic E-state index is 0.0412. The number of hydrogen-bond acceptors (Lipinski definition) is 10. The van der Waals surface area contributed by atoms with Crippen molar-refractivity contribution in [2.24, 2.45) is 0 Å². The number of nitrogens with zero attached hydrogens (tertiary/aromatic N) is 7. The highest BCUT2D eigenvalue weighted by Crippen LogP contribution is 2.42. The van der Waals surface area contributed by atoms with Gasteiger partial charge in [0.25, 0.3) is 5.91 Å². The summed E-state index contributed by atoms with van der Waals surface area (Å²) in [5, 5.41) is 0. The van der Waals surface area contributed by atoms with Crippen LogP contribution in [0.5, 0.6) is 17.6 Å². The average Bonchev–Trinajstić information content (AvgIpc) is 4.00. The van der Waals surface area contributed by atoms with Gasteiger partial charge in [0, 0.05) is 63.2 Å². The predicted octanol–water partition coefficient (Wildman–Crippen LogP) is 4.95. The average molecular weight is 704 g/mol. The van der Waals surface area contributed by atoms with Gasteiger partial charge in [0.05, 0.1) is 32.2 Å². The summed E-state index contributed by atoms with van der Waals surface area (Å²) in [6.07, 6.45) is 0.0737. The number of carbonyl (C=O) groups is 1. The molecular formula is C37H40F3N7O4. The lowest BCUT2D eigenvalue weighted by molar-refractivity contribution is -0.154. The number of piperazine rings is 2. The second-order valence-electron chi connectivity index (χ2n) is 13.2. The number of aromatic nitrogens is 4. The van der Waals surface area contributed by atoms with Crippen LogP contribution in [0.25, 0.3) is 0 Å². The van der Waals surface area contributed by atoms with E-state index in [1.54, 1.807) is 4.90 Å². The fourth-order valence-corrected chi connectivity index (χ4v) is 7.27. The van der Waals surface area contributed by atoms with Crippen LogP contribution in [-0.2, 0) is 6.54 Å². The van der Waals surface area contributed by atoms with E-state index in [2.05, 4.69) is 54.0 Å². The summed E-state index contributed by atoms with van der Waals surface area (Å²) in [6.45, 7) is 1.32. The topological polar surface area (TPSA) is 106 Å². The highest BCUT2D eigenvalue weighted by atomic mass is 19.4. The normalized spacial score (nSPS) is 19.8. The van der Waals surface area contributed by atoms with Crippen LogP contribution in [-0.4, -0.2) is 112 Å². The van der Waals surface area contributed by atoms with E-state index in [-0.39, 0.29) is 59.7 Å². The van der Waals surface area contributed by atoms with E-state index < -0.39 is 12.8 Å². The lowest BCUT2D eigenvalue weighted by Gasteiger charge is -2.53. The van der Waals surface area contributed by atoms with Crippen LogP contribution >= 0.6 is 0 Å². The molecule has 7 rings (SSSR count). The van der Waals surface area contributed by atoms with E-state index in [0.29, 0.717) is 44.1 Å². The highest BCUT2D eigenvalue weighted by molar-refractivity contribution is 5.92. The molecule has 0 N–H and O–H groups in total. The largest absolute Gasteiger partial charge is 0.481 e. The number of halogens is 3. The van der Waals surface area contributed by atoms with Gasteiger partial charge >= 0.3 is 6.18 Å². The molecule has 2 aromatic heterocycles. The van der Waals surface area contributed by atoms with Crippen LogP contribution in [0, 0.1) is 0 Å². The summed E-state index contributed by atoms with van der Waals surface area (Å²) < 4.78 is 56.6. The Bertz CT molecular complexity index is 1770. The summed E-state index contributed by atoms with van der Waals surface area (Å²) in [6, 6.07) is 20.4. The molecule has 0 spiro atoms. The summed E-state index contributed by atoms with van der Waals surface area (Å²) in [7, 11) is 2.94. The maximum absolute atomic E-state index is 13.7. The zero-order valence-electron chi connectivity index (χ0n) is 28.5. The number of hydrogen-bond donors (Lipinski definition) is 0. The number of amides is 1. The maximum Gasteiger partial charge on any atom is 0.422 e. The van der Waals surface area contributed by atoms with Crippen LogP contribution in [0.2, 0.25) is 0 Å². The van der Waals surface area contributed by atoms with Gasteiger partial charge in [-0.05, 0) is 24.0 Å². The zero-order chi connectivity index (χ0) is 35.5. The summed E-state index contributed by atoms with van der Waals surface area (Å²) >= 11 is 0. The zero-order valence-corrected chi connectivity index (χ0v) is 28.5. The standard InChI is InChI=1S/C37H40F3N7O4/c1-49-31-18-41-17-29(42-31)36(48)46-15-16-47-27(20-46)19-45(22-30(47)32(24-9-5-3-6-10-24)25-11-7-4-8-12-25)21-28-34(50-2)43-33(26-13-14-26)44-35(28)51-23-37(38,39)40/h3-12,17-18,26-27,30,32H,13-16,19-23H2,1-2H3/t27-,30-/m0/s1. The van der Waals surface area contributed by atoms with Crippen molar-refractivity contribution in [3.8, 4) is 17.6 Å². The fraction of sp³-hybridized carbons (Fsp3) is 0.432. The molecule has 2 aromatic carbocycles. The van der Waals surface area contributed by atoms with Crippen molar-refractivity contribution < 1.29 is 32.2 Å². The van der Waals surface area contributed by atoms with Crippen molar-refractivity contribution in [3.05, 3.63) is 101 Å². The second-order valence-corrected chi connectivity index (χ2v) is 13.2. The van der Waals surface area contributed by atoms with Crippen LogP contribution in [0.1, 0.15) is 57.7 Å². The Kier molecular flexibility index (Phi) is 10.0. The molecule has 14 heteroatoms. The van der Waals surface area contributed by atoms with Crippen LogP contribution in [0.15, 0.2) is 73.1 Å². The number of alkyl halides is 3. The maximum atomic E-state index is 13.7. The summed E-state index contributed by atoms with van der Waals surface area (Å²) in [5.74, 6) is 0.579. The van der Waals surface area contributed by atoms with E-state index in [0.717, 1.165) is 24.0 Å². The van der Waals surface area contributed by atoms with Gasteiger partial charge < -0.3 is 19.1 Å². The van der Waals surface area contributed by atoms with E-state index in [4.69, 9.17) is 14.2 Å². The number of rotatable bonds is 11. The first-order chi connectivity index (χ1) is 24.7. The number of fused-ring (bicyclic) bond motifs is 1. The first-order valence-corrected chi connectivity index (χ1v) is 17.1. The Morgan fingerprint density at radius 1 is 0.863 bits per heavy atom. The van der Waals surface area contributed by atoms with Gasteiger partial charge in [-0.2, -0.15) is 23.1 Å². The van der Waals surface area contributed by atoms with Gasteiger partial charge in [-0.25, -0.2) is 4.98 Å². The Morgan fingerprint density at radius 2 is 1.55 bits per heavy atom. The van der Waals surface area contributed by atoms with Crippen LogP contribution < -0.4 is 14.2 Å². The third-order valence-corrected chi connectivity index (χ3v) is 9.74. The first-order valence-electron chi connectivity index (χ1n) is 17.1. The Hall–Kier alpha value is -4.82. The molecule has 268 valence electrons. The van der Waals surface area contributed by atoms with Gasteiger partial charge in [0.2, 0.25) is 17.6 Å². The van der Waals surface area contributed by atoms with Crippen LogP contribution in [0.3, 0.4) is 0 Å². The third-order valence-electron chi connectivity index (χ3n) is 9.74.